The topological polar surface area (TPSA) is 0 Å². The molecule has 0 bridgehead atoms. The lowest BCUT2D eigenvalue weighted by Crippen LogP contribution is -1.91. The smallest absolute Gasteiger partial charge is 0.0181 e. The van der Waals surface area contributed by atoms with E-state index in [9.17, 15) is 0 Å². The Kier molecular flexibility index (Phi) is 5.05. The highest BCUT2D eigenvalue weighted by atomic mass is 79.9. The summed E-state index contributed by atoms with van der Waals surface area (Å²) in [6, 6.07) is 45.7. The second-order valence-corrected chi connectivity index (χ2v) is 9.21. The molecule has 0 fully saturated rings. The third kappa shape index (κ3) is 3.55. The molecule has 6 aromatic rings. The predicted molar refractivity (Wildman–Crippen MR) is 145 cm³/mol. The van der Waals surface area contributed by atoms with Crippen molar-refractivity contribution >= 4 is 37.5 Å². The van der Waals surface area contributed by atoms with E-state index >= 15 is 0 Å². The van der Waals surface area contributed by atoms with E-state index in [0.29, 0.717) is 0 Å². The first-order valence-electron chi connectivity index (χ1n) is 11.1. The van der Waals surface area contributed by atoms with Crippen molar-refractivity contribution in [3.8, 4) is 33.4 Å². The quantitative estimate of drug-likeness (QED) is 0.219. The van der Waals surface area contributed by atoms with Gasteiger partial charge in [0.2, 0.25) is 0 Å². The number of halogens is 1. The van der Waals surface area contributed by atoms with Crippen LogP contribution in [0.15, 0.2) is 132 Å². The van der Waals surface area contributed by atoms with Gasteiger partial charge in [0, 0.05) is 4.47 Å². The Morgan fingerprint density at radius 2 is 0.879 bits per heavy atom. The van der Waals surface area contributed by atoms with Crippen molar-refractivity contribution in [1.82, 2.24) is 0 Å². The third-order valence-corrected chi connectivity index (χ3v) is 6.80. The molecule has 0 heterocycles. The van der Waals surface area contributed by atoms with Crippen molar-refractivity contribution in [2.75, 3.05) is 0 Å². The Labute approximate surface area is 202 Å². The van der Waals surface area contributed by atoms with E-state index in [1.54, 1.807) is 0 Å². The molecule has 0 spiro atoms. The van der Waals surface area contributed by atoms with Gasteiger partial charge >= 0.3 is 0 Å². The van der Waals surface area contributed by atoms with Gasteiger partial charge < -0.3 is 0 Å². The molecule has 0 unspecified atom stereocenters. The molecule has 0 saturated heterocycles. The lowest BCUT2D eigenvalue weighted by atomic mass is 9.85. The van der Waals surface area contributed by atoms with Crippen LogP contribution in [0, 0.1) is 0 Å². The number of hydrogen-bond acceptors (Lipinski definition) is 0. The molecular weight excluding hydrogens is 464 g/mol. The minimum absolute atomic E-state index is 1.09. The van der Waals surface area contributed by atoms with Gasteiger partial charge in [-0.05, 0) is 73.1 Å². The van der Waals surface area contributed by atoms with Crippen LogP contribution in [0.1, 0.15) is 0 Å². The molecule has 1 heteroatoms. The average molecular weight is 485 g/mol. The molecule has 0 aliphatic carbocycles. The van der Waals surface area contributed by atoms with Crippen LogP contribution in [0.2, 0.25) is 0 Å². The largest absolute Gasteiger partial charge is 0.0622 e. The molecule has 0 atom stereocenters. The van der Waals surface area contributed by atoms with Crippen LogP contribution >= 0.6 is 15.9 Å². The maximum Gasteiger partial charge on any atom is 0.0181 e. The molecule has 6 aromatic carbocycles. The van der Waals surface area contributed by atoms with E-state index in [1.807, 2.05) is 0 Å². The molecule has 0 aromatic heterocycles. The molecule has 0 aliphatic rings. The van der Waals surface area contributed by atoms with Crippen LogP contribution < -0.4 is 0 Å². The standard InChI is InChI=1S/C32H21Br/c33-26-15-9-14-25(20-26)32-28-17-8-7-16-27(28)31(23-12-5-2-6-13-23)30-21-24(18-19-29(30)32)22-10-3-1-4-11-22/h1-21H. The van der Waals surface area contributed by atoms with Crippen LogP contribution in [0.4, 0.5) is 0 Å². The molecule has 33 heavy (non-hydrogen) atoms. The minimum atomic E-state index is 1.09. The lowest BCUT2D eigenvalue weighted by Gasteiger charge is -2.19. The van der Waals surface area contributed by atoms with Crippen molar-refractivity contribution in [2.24, 2.45) is 0 Å². The van der Waals surface area contributed by atoms with Crippen LogP contribution in [0.5, 0.6) is 0 Å². The summed E-state index contributed by atoms with van der Waals surface area (Å²) in [5.74, 6) is 0. The summed E-state index contributed by atoms with van der Waals surface area (Å²) in [7, 11) is 0. The van der Waals surface area contributed by atoms with E-state index in [-0.39, 0.29) is 0 Å². The highest BCUT2D eigenvalue weighted by molar-refractivity contribution is 9.10. The summed E-state index contributed by atoms with van der Waals surface area (Å²) < 4.78 is 1.09. The molecule has 0 nitrogen and oxygen atoms in total. The molecule has 0 aliphatic heterocycles. The Morgan fingerprint density at radius 3 is 1.55 bits per heavy atom. The number of fused-ring (bicyclic) bond motifs is 2. The van der Waals surface area contributed by atoms with E-state index in [1.165, 1.54) is 54.9 Å². The zero-order valence-corrected chi connectivity index (χ0v) is 19.6. The zero-order valence-electron chi connectivity index (χ0n) is 18.0. The van der Waals surface area contributed by atoms with E-state index < -0.39 is 0 Å². The molecular formula is C32H21Br. The van der Waals surface area contributed by atoms with Gasteiger partial charge in [-0.1, -0.05) is 125 Å². The second-order valence-electron chi connectivity index (χ2n) is 8.30. The lowest BCUT2D eigenvalue weighted by molar-refractivity contribution is 1.61. The zero-order chi connectivity index (χ0) is 22.2. The Morgan fingerprint density at radius 1 is 0.333 bits per heavy atom. The summed E-state index contributed by atoms with van der Waals surface area (Å²) in [6.45, 7) is 0. The Hall–Kier alpha value is -3.68. The summed E-state index contributed by atoms with van der Waals surface area (Å²) >= 11 is 3.68. The van der Waals surface area contributed by atoms with Crippen LogP contribution in [-0.2, 0) is 0 Å². The van der Waals surface area contributed by atoms with E-state index in [2.05, 4.69) is 143 Å². The minimum Gasteiger partial charge on any atom is -0.0622 e. The van der Waals surface area contributed by atoms with Crippen LogP contribution in [0.25, 0.3) is 54.9 Å². The maximum atomic E-state index is 3.68. The van der Waals surface area contributed by atoms with Crippen molar-refractivity contribution in [3.63, 3.8) is 0 Å². The third-order valence-electron chi connectivity index (χ3n) is 6.31. The Balaban J connectivity index is 1.80. The van der Waals surface area contributed by atoms with Gasteiger partial charge in [-0.25, -0.2) is 0 Å². The fourth-order valence-corrected chi connectivity index (χ4v) is 5.26. The molecule has 0 amide bonds. The van der Waals surface area contributed by atoms with E-state index in [0.717, 1.165) is 4.47 Å². The van der Waals surface area contributed by atoms with Crippen molar-refractivity contribution in [1.29, 1.82) is 0 Å². The van der Waals surface area contributed by atoms with Crippen molar-refractivity contribution < 1.29 is 0 Å². The van der Waals surface area contributed by atoms with Gasteiger partial charge in [0.1, 0.15) is 0 Å². The summed E-state index contributed by atoms with van der Waals surface area (Å²) in [5.41, 5.74) is 7.49. The summed E-state index contributed by atoms with van der Waals surface area (Å²) in [5, 5.41) is 5.09. The van der Waals surface area contributed by atoms with Crippen LogP contribution in [0.3, 0.4) is 0 Å². The first-order chi connectivity index (χ1) is 16.3. The van der Waals surface area contributed by atoms with Gasteiger partial charge in [0.05, 0.1) is 0 Å². The van der Waals surface area contributed by atoms with Gasteiger partial charge in [0.25, 0.3) is 0 Å². The molecule has 156 valence electrons. The molecule has 0 radical (unpaired) electrons. The predicted octanol–water partition coefficient (Wildman–Crippen LogP) is 9.76. The van der Waals surface area contributed by atoms with Gasteiger partial charge in [-0.3, -0.25) is 0 Å². The number of benzene rings is 6. The average Bonchev–Trinajstić information content (AvgIpc) is 2.88. The molecule has 0 saturated carbocycles. The molecule has 0 N–H and O–H groups in total. The monoisotopic (exact) mass is 484 g/mol. The summed E-state index contributed by atoms with van der Waals surface area (Å²) in [4.78, 5) is 0. The first-order valence-corrected chi connectivity index (χ1v) is 11.9. The normalized spacial score (nSPS) is 11.2. The fourth-order valence-electron chi connectivity index (χ4n) is 4.86. The second kappa shape index (κ2) is 8.35. The van der Waals surface area contributed by atoms with Gasteiger partial charge in [0.15, 0.2) is 0 Å². The van der Waals surface area contributed by atoms with Crippen LogP contribution in [-0.4, -0.2) is 0 Å². The number of rotatable bonds is 3. The maximum absolute atomic E-state index is 3.68. The fraction of sp³-hybridized carbons (Fsp3) is 0. The Bertz CT molecular complexity index is 1600. The first kappa shape index (κ1) is 20.0. The number of hydrogen-bond donors (Lipinski definition) is 0. The summed E-state index contributed by atoms with van der Waals surface area (Å²) in [6.07, 6.45) is 0. The highest BCUT2D eigenvalue weighted by Crippen LogP contribution is 2.44. The van der Waals surface area contributed by atoms with E-state index in [4.69, 9.17) is 0 Å². The van der Waals surface area contributed by atoms with Crippen molar-refractivity contribution in [3.05, 3.63) is 132 Å². The molecule has 6 rings (SSSR count). The SMILES string of the molecule is Brc1cccc(-c2c3ccccc3c(-c3ccccc3)c3cc(-c4ccccc4)ccc23)c1. The van der Waals surface area contributed by atoms with Gasteiger partial charge in [-0.2, -0.15) is 0 Å². The van der Waals surface area contributed by atoms with Crippen molar-refractivity contribution in [2.45, 2.75) is 0 Å². The van der Waals surface area contributed by atoms with Gasteiger partial charge in [-0.15, -0.1) is 0 Å². The highest BCUT2D eigenvalue weighted by Gasteiger charge is 2.17.